The van der Waals surface area contributed by atoms with E-state index in [9.17, 15) is 31.1 Å². The third kappa shape index (κ3) is 3.13. The summed E-state index contributed by atoms with van der Waals surface area (Å²) < 4.78 is 75.2. The molecule has 0 amide bonds. The number of alkyl halides is 6. The minimum absolute atomic E-state index is 0.0728. The molecule has 0 radical (unpaired) electrons. The number of benzene rings is 1. The summed E-state index contributed by atoms with van der Waals surface area (Å²) in [6.07, 6.45) is -13.0. The van der Waals surface area contributed by atoms with Gasteiger partial charge in [-0.3, -0.25) is 0 Å². The number of carboxylic acid groups (broad SMARTS) is 1. The second-order valence-electron chi connectivity index (χ2n) is 3.76. The van der Waals surface area contributed by atoms with Crippen LogP contribution in [0.4, 0.5) is 32.0 Å². The summed E-state index contributed by atoms with van der Waals surface area (Å²) in [7, 11) is 0. The second-order valence-corrected chi connectivity index (χ2v) is 3.76. The Labute approximate surface area is 107 Å². The van der Waals surface area contributed by atoms with Crippen molar-refractivity contribution in [3.63, 3.8) is 0 Å². The zero-order chi connectivity index (χ0) is 15.9. The van der Waals surface area contributed by atoms with Crippen molar-refractivity contribution in [3.05, 3.63) is 28.8 Å². The first-order valence-electron chi connectivity index (χ1n) is 4.84. The lowest BCUT2D eigenvalue weighted by Crippen LogP contribution is -2.19. The van der Waals surface area contributed by atoms with Crippen molar-refractivity contribution in [2.75, 3.05) is 5.73 Å². The van der Waals surface area contributed by atoms with E-state index in [4.69, 9.17) is 15.9 Å². The van der Waals surface area contributed by atoms with E-state index in [1.54, 1.807) is 0 Å². The van der Waals surface area contributed by atoms with Gasteiger partial charge in [-0.1, -0.05) is 0 Å². The number of carboxylic acids is 1. The van der Waals surface area contributed by atoms with E-state index >= 15 is 0 Å². The van der Waals surface area contributed by atoms with Crippen LogP contribution in [0, 0.1) is 0 Å². The summed E-state index contributed by atoms with van der Waals surface area (Å²) in [5, 5.41) is 17.6. The van der Waals surface area contributed by atoms with E-state index in [1.165, 1.54) is 0 Å². The third-order valence-corrected chi connectivity index (χ3v) is 2.37. The van der Waals surface area contributed by atoms with Crippen LogP contribution >= 0.6 is 0 Å². The van der Waals surface area contributed by atoms with Gasteiger partial charge in [0.25, 0.3) is 0 Å². The number of hydrogen-bond donors (Lipinski definition) is 3. The fourth-order valence-electron chi connectivity index (χ4n) is 1.43. The van der Waals surface area contributed by atoms with E-state index in [0.29, 0.717) is 0 Å². The van der Waals surface area contributed by atoms with Gasteiger partial charge in [-0.25, -0.2) is 4.79 Å². The molecule has 1 unspecified atom stereocenters. The van der Waals surface area contributed by atoms with Gasteiger partial charge in [0.05, 0.1) is 16.8 Å². The first-order valence-corrected chi connectivity index (χ1v) is 4.84. The predicted molar refractivity (Wildman–Crippen MR) is 53.5 cm³/mol. The summed E-state index contributed by atoms with van der Waals surface area (Å²) in [4.78, 5) is 10.5. The Morgan fingerprint density at radius 1 is 1.10 bits per heavy atom. The fraction of sp³-hybridized carbons (Fsp3) is 0.300. The molecule has 1 aromatic rings. The monoisotopic (exact) mass is 303 g/mol. The van der Waals surface area contributed by atoms with Crippen LogP contribution in [0.5, 0.6) is 0 Å². The average molecular weight is 303 g/mol. The topological polar surface area (TPSA) is 83.5 Å². The van der Waals surface area contributed by atoms with Crippen molar-refractivity contribution in [1.29, 1.82) is 0 Å². The van der Waals surface area contributed by atoms with E-state index in [0.717, 1.165) is 0 Å². The summed E-state index contributed by atoms with van der Waals surface area (Å²) >= 11 is 0. The zero-order valence-corrected chi connectivity index (χ0v) is 9.38. The van der Waals surface area contributed by atoms with Crippen LogP contribution in [0.15, 0.2) is 12.1 Å². The number of carbonyl (C=O) groups is 1. The van der Waals surface area contributed by atoms with Crippen LogP contribution in [-0.4, -0.2) is 16.2 Å². The van der Waals surface area contributed by atoms with E-state index < -0.39 is 46.8 Å². The normalized spacial score (nSPS) is 14.2. The molecule has 0 saturated carbocycles. The number of rotatable bonds is 2. The molecular formula is C10H7F6NO3. The maximum absolute atomic E-state index is 12.6. The number of nitrogen functional groups attached to an aromatic ring is 1. The number of aliphatic hydroxyl groups excluding tert-OH is 1. The number of hydrogen-bond acceptors (Lipinski definition) is 3. The Morgan fingerprint density at radius 3 is 1.95 bits per heavy atom. The van der Waals surface area contributed by atoms with Gasteiger partial charge in [0, 0.05) is 5.56 Å². The number of halogens is 6. The highest BCUT2D eigenvalue weighted by atomic mass is 19.4. The molecule has 10 heteroatoms. The quantitative estimate of drug-likeness (QED) is 0.579. The van der Waals surface area contributed by atoms with Gasteiger partial charge in [0.2, 0.25) is 0 Å². The summed E-state index contributed by atoms with van der Waals surface area (Å²) in [5.41, 5.74) is -1.03. The van der Waals surface area contributed by atoms with Crippen LogP contribution in [-0.2, 0) is 17.1 Å². The molecular weight excluding hydrogens is 296 g/mol. The molecule has 0 aliphatic carbocycles. The van der Waals surface area contributed by atoms with Gasteiger partial charge in [0.1, 0.15) is 0 Å². The van der Waals surface area contributed by atoms with Crippen LogP contribution in [0.25, 0.3) is 0 Å². The molecule has 0 aliphatic heterocycles. The number of aliphatic carboxylic acids is 1. The van der Waals surface area contributed by atoms with Crippen LogP contribution < -0.4 is 5.73 Å². The van der Waals surface area contributed by atoms with Gasteiger partial charge in [-0.15, -0.1) is 0 Å². The van der Waals surface area contributed by atoms with E-state index in [1.807, 2.05) is 0 Å². The Morgan fingerprint density at radius 2 is 1.60 bits per heavy atom. The maximum atomic E-state index is 12.6. The minimum Gasteiger partial charge on any atom is -0.479 e. The van der Waals surface area contributed by atoms with Crippen LogP contribution in [0.1, 0.15) is 22.8 Å². The largest absolute Gasteiger partial charge is 0.479 e. The van der Waals surface area contributed by atoms with Crippen molar-refractivity contribution in [2.24, 2.45) is 0 Å². The molecule has 1 rings (SSSR count). The molecule has 0 spiro atoms. The Hall–Kier alpha value is -1.97. The molecule has 0 aliphatic rings. The lowest BCUT2D eigenvalue weighted by atomic mass is 9.98. The zero-order valence-electron chi connectivity index (χ0n) is 9.38. The standard InChI is InChI=1S/C10H7F6NO3/c11-9(12,13)3-1-4(7(18)8(19)20)6(17)5(2-3)10(14,15)16/h1-2,7,18H,17H2,(H,19,20). The number of aliphatic hydroxyl groups is 1. The van der Waals surface area contributed by atoms with Crippen molar-refractivity contribution >= 4 is 11.7 Å². The van der Waals surface area contributed by atoms with Gasteiger partial charge >= 0.3 is 18.3 Å². The molecule has 20 heavy (non-hydrogen) atoms. The minimum atomic E-state index is -5.22. The third-order valence-electron chi connectivity index (χ3n) is 2.37. The first kappa shape index (κ1) is 16.1. The highest BCUT2D eigenvalue weighted by molar-refractivity contribution is 5.77. The van der Waals surface area contributed by atoms with Gasteiger partial charge < -0.3 is 15.9 Å². The molecule has 0 bridgehead atoms. The summed E-state index contributed by atoms with van der Waals surface area (Å²) in [5.74, 6) is -2.02. The van der Waals surface area contributed by atoms with Crippen molar-refractivity contribution in [2.45, 2.75) is 18.5 Å². The molecule has 0 heterocycles. The molecule has 0 saturated heterocycles. The van der Waals surface area contributed by atoms with Crippen LogP contribution in [0.2, 0.25) is 0 Å². The second kappa shape index (κ2) is 4.85. The molecule has 1 atom stereocenters. The molecule has 0 aromatic heterocycles. The highest BCUT2D eigenvalue weighted by Gasteiger charge is 2.40. The molecule has 4 nitrogen and oxygen atoms in total. The SMILES string of the molecule is Nc1c(C(O)C(=O)O)cc(C(F)(F)F)cc1C(F)(F)F. The van der Waals surface area contributed by atoms with Crippen molar-refractivity contribution in [1.82, 2.24) is 0 Å². The molecule has 1 aromatic carbocycles. The summed E-state index contributed by atoms with van der Waals surface area (Å²) in [6.45, 7) is 0. The number of nitrogens with two attached hydrogens (primary N) is 1. The lowest BCUT2D eigenvalue weighted by Gasteiger charge is -2.18. The van der Waals surface area contributed by atoms with E-state index in [-0.39, 0.29) is 12.1 Å². The van der Waals surface area contributed by atoms with Gasteiger partial charge in [-0.2, -0.15) is 26.3 Å². The Balaban J connectivity index is 3.64. The smallest absolute Gasteiger partial charge is 0.418 e. The van der Waals surface area contributed by atoms with E-state index in [2.05, 4.69) is 0 Å². The lowest BCUT2D eigenvalue weighted by molar-refractivity contribution is -0.148. The van der Waals surface area contributed by atoms with Gasteiger partial charge in [-0.05, 0) is 12.1 Å². The Kier molecular flexibility index (Phi) is 3.90. The van der Waals surface area contributed by atoms with Crippen molar-refractivity contribution in [3.8, 4) is 0 Å². The fourth-order valence-corrected chi connectivity index (χ4v) is 1.43. The maximum Gasteiger partial charge on any atom is 0.418 e. The summed E-state index contributed by atoms with van der Waals surface area (Å²) in [6, 6.07) is -0.170. The molecule has 112 valence electrons. The molecule has 4 N–H and O–H groups in total. The van der Waals surface area contributed by atoms with Crippen LogP contribution in [0.3, 0.4) is 0 Å². The average Bonchev–Trinajstić information content (AvgIpc) is 2.24. The predicted octanol–water partition coefficient (Wildman–Crippen LogP) is 2.42. The highest BCUT2D eigenvalue weighted by Crippen LogP contribution is 2.41. The molecule has 0 fully saturated rings. The first-order chi connectivity index (χ1) is 8.85. The number of anilines is 1. The van der Waals surface area contributed by atoms with Gasteiger partial charge in [0.15, 0.2) is 6.10 Å². The van der Waals surface area contributed by atoms with Crippen molar-refractivity contribution < 1.29 is 41.4 Å². The Bertz CT molecular complexity index is 537.